The molecule has 1 N–H and O–H groups in total. The quantitative estimate of drug-likeness (QED) is 0.285. The third kappa shape index (κ3) is 4.54. The second-order valence-electron chi connectivity index (χ2n) is 10.2. The van der Waals surface area contributed by atoms with Crippen molar-refractivity contribution in [2.75, 3.05) is 22.9 Å². The average molecular weight is 543 g/mol. The molecule has 0 amide bonds. The third-order valence-electron chi connectivity index (χ3n) is 7.75. The minimum atomic E-state index is -0.149. The highest BCUT2D eigenvalue weighted by atomic mass is 35.5. The Hall–Kier alpha value is -3.42. The number of anilines is 2. The van der Waals surface area contributed by atoms with E-state index in [1.165, 1.54) is 12.8 Å². The summed E-state index contributed by atoms with van der Waals surface area (Å²) in [6, 6.07) is 20.4. The summed E-state index contributed by atoms with van der Waals surface area (Å²) in [6.45, 7) is 6.51. The van der Waals surface area contributed by atoms with Gasteiger partial charge in [0.25, 0.3) is 0 Å². The Balaban J connectivity index is 1.44. The maximum Gasteiger partial charge on any atom is 0.174 e. The van der Waals surface area contributed by atoms with E-state index in [4.69, 9.17) is 28.8 Å². The highest BCUT2D eigenvalue weighted by Gasteiger charge is 2.42. The van der Waals surface area contributed by atoms with E-state index in [2.05, 4.69) is 81.0 Å². The number of pyridine rings is 2. The molecule has 8 heteroatoms. The van der Waals surface area contributed by atoms with Gasteiger partial charge in [-0.05, 0) is 92.5 Å². The van der Waals surface area contributed by atoms with E-state index in [-0.39, 0.29) is 12.1 Å². The van der Waals surface area contributed by atoms with Gasteiger partial charge in [0.2, 0.25) is 0 Å². The lowest BCUT2D eigenvalue weighted by Crippen LogP contribution is -2.33. The number of halogens is 1. The van der Waals surface area contributed by atoms with Crippen LogP contribution in [0.25, 0.3) is 5.69 Å². The maximum atomic E-state index is 6.95. The Kier molecular flexibility index (Phi) is 6.80. The molecule has 4 aromatic rings. The zero-order valence-corrected chi connectivity index (χ0v) is 23.2. The third-order valence-corrected chi connectivity index (χ3v) is 8.36. The molecule has 1 aromatic carbocycles. The molecule has 2 saturated heterocycles. The molecule has 2 fully saturated rings. The average Bonchev–Trinajstić information content (AvgIpc) is 3.49. The molecule has 0 unspecified atom stereocenters. The highest BCUT2D eigenvalue weighted by Crippen LogP contribution is 2.44. The van der Waals surface area contributed by atoms with Gasteiger partial charge >= 0.3 is 0 Å². The molecule has 0 bridgehead atoms. The second-order valence-corrected chi connectivity index (χ2v) is 11.0. The normalized spacial score (nSPS) is 20.1. The summed E-state index contributed by atoms with van der Waals surface area (Å²) in [7, 11) is 0. The first-order valence-electron chi connectivity index (χ1n) is 13.1. The molecule has 194 valence electrons. The molecule has 2 atom stereocenters. The van der Waals surface area contributed by atoms with Crippen molar-refractivity contribution in [2.24, 2.45) is 5.92 Å². The first kappa shape index (κ1) is 24.9. The summed E-state index contributed by atoms with van der Waals surface area (Å²) in [5.41, 5.74) is 6.22. The summed E-state index contributed by atoms with van der Waals surface area (Å²) in [5.74, 6) is 0.765. The number of nitrogens with one attached hydrogen (secondary N) is 1. The Bertz CT molecular complexity index is 1430. The molecular formula is C30H31ClN6S. The van der Waals surface area contributed by atoms with Crippen LogP contribution in [0.3, 0.4) is 0 Å². The fraction of sp³-hybridized carbons (Fsp3) is 0.300. The fourth-order valence-electron chi connectivity index (χ4n) is 5.71. The van der Waals surface area contributed by atoms with Crippen LogP contribution >= 0.6 is 23.8 Å². The van der Waals surface area contributed by atoms with Crippen LogP contribution in [0.15, 0.2) is 79.3 Å². The van der Waals surface area contributed by atoms with E-state index in [9.17, 15) is 0 Å². The lowest BCUT2D eigenvalue weighted by atomic mass is 9.98. The van der Waals surface area contributed by atoms with Crippen molar-refractivity contribution in [1.82, 2.24) is 19.9 Å². The molecule has 2 aliphatic heterocycles. The van der Waals surface area contributed by atoms with Crippen LogP contribution in [0.2, 0.25) is 5.02 Å². The van der Waals surface area contributed by atoms with Crippen LogP contribution in [-0.4, -0.2) is 32.7 Å². The van der Waals surface area contributed by atoms with Gasteiger partial charge in [0, 0.05) is 42.6 Å². The Morgan fingerprint density at radius 2 is 1.82 bits per heavy atom. The number of hydrogen-bond acceptors (Lipinski definition) is 4. The van der Waals surface area contributed by atoms with Gasteiger partial charge in [0.05, 0.1) is 34.3 Å². The van der Waals surface area contributed by atoms with Crippen molar-refractivity contribution in [3.63, 3.8) is 0 Å². The van der Waals surface area contributed by atoms with Gasteiger partial charge in [-0.15, -0.1) is 0 Å². The standard InChI is InChI=1S/C30H31ClN6S/c1-20-12-16-35(17-13-20)26-11-9-22(18-24(26)31)37-29(28(34-30(37)38)25-7-3-4-15-33-25)27-10-8-21(2)36(27)23-6-5-14-32-19-23/h3-11,14-15,18-20,28-29H,12-13,16-17H2,1-2H3,(H,34,38)/t28-,29+/m0/s1. The maximum absolute atomic E-state index is 6.95. The van der Waals surface area contributed by atoms with Crippen molar-refractivity contribution in [1.29, 1.82) is 0 Å². The van der Waals surface area contributed by atoms with Gasteiger partial charge < -0.3 is 19.7 Å². The fourth-order valence-corrected chi connectivity index (χ4v) is 6.35. The first-order chi connectivity index (χ1) is 18.5. The van der Waals surface area contributed by atoms with Crippen molar-refractivity contribution in [2.45, 2.75) is 38.8 Å². The van der Waals surface area contributed by atoms with Crippen LogP contribution in [0.4, 0.5) is 11.4 Å². The zero-order chi connectivity index (χ0) is 26.2. The number of rotatable bonds is 5. The predicted molar refractivity (Wildman–Crippen MR) is 158 cm³/mol. The van der Waals surface area contributed by atoms with Gasteiger partial charge in [-0.1, -0.05) is 24.6 Å². The smallest absolute Gasteiger partial charge is 0.174 e. The summed E-state index contributed by atoms with van der Waals surface area (Å²) in [4.78, 5) is 13.7. The SMILES string of the molecule is Cc1ccc([C@@H]2[C@H](c3ccccn3)NC(=S)N2c2ccc(N3CCC(C)CC3)c(Cl)c2)n1-c1cccnc1. The van der Waals surface area contributed by atoms with E-state index < -0.39 is 0 Å². The molecule has 2 aliphatic rings. The van der Waals surface area contributed by atoms with Gasteiger partial charge in [-0.3, -0.25) is 9.97 Å². The van der Waals surface area contributed by atoms with E-state index in [1.807, 2.05) is 30.6 Å². The van der Waals surface area contributed by atoms with Crippen LogP contribution in [0.5, 0.6) is 0 Å². The number of hydrogen-bond donors (Lipinski definition) is 1. The van der Waals surface area contributed by atoms with Gasteiger partial charge in [0.1, 0.15) is 6.04 Å². The first-order valence-corrected chi connectivity index (χ1v) is 13.9. The zero-order valence-electron chi connectivity index (χ0n) is 21.6. The lowest BCUT2D eigenvalue weighted by molar-refractivity contribution is 0.438. The molecule has 0 spiro atoms. The number of thiocarbonyl (C=S) groups is 1. The van der Waals surface area contributed by atoms with Gasteiger partial charge in [-0.2, -0.15) is 0 Å². The van der Waals surface area contributed by atoms with Crippen molar-refractivity contribution in [3.8, 4) is 5.69 Å². The van der Waals surface area contributed by atoms with Crippen molar-refractivity contribution < 1.29 is 0 Å². The second kappa shape index (κ2) is 10.4. The summed E-state index contributed by atoms with van der Waals surface area (Å²) >= 11 is 12.9. The van der Waals surface area contributed by atoms with Gasteiger partial charge in [-0.25, -0.2) is 0 Å². The summed E-state index contributed by atoms with van der Waals surface area (Å²) in [5, 5.41) is 4.97. The number of aryl methyl sites for hydroxylation is 1. The van der Waals surface area contributed by atoms with Crippen LogP contribution < -0.4 is 15.1 Å². The molecule has 3 aromatic heterocycles. The van der Waals surface area contributed by atoms with Crippen LogP contribution in [-0.2, 0) is 0 Å². The predicted octanol–water partition coefficient (Wildman–Crippen LogP) is 6.64. The van der Waals surface area contributed by atoms with Crippen molar-refractivity contribution >= 4 is 40.3 Å². The monoisotopic (exact) mass is 542 g/mol. The number of benzene rings is 1. The van der Waals surface area contributed by atoms with E-state index in [0.717, 1.165) is 58.2 Å². The molecular weight excluding hydrogens is 512 g/mol. The van der Waals surface area contributed by atoms with Crippen LogP contribution in [0.1, 0.15) is 48.9 Å². The van der Waals surface area contributed by atoms with Crippen LogP contribution in [0, 0.1) is 12.8 Å². The lowest BCUT2D eigenvalue weighted by Gasteiger charge is -2.33. The highest BCUT2D eigenvalue weighted by molar-refractivity contribution is 7.80. The summed E-state index contributed by atoms with van der Waals surface area (Å²) in [6.07, 6.45) is 7.90. The Morgan fingerprint density at radius 1 is 0.974 bits per heavy atom. The van der Waals surface area contributed by atoms with Crippen molar-refractivity contribution in [3.05, 3.63) is 101 Å². The minimum absolute atomic E-state index is 0.143. The summed E-state index contributed by atoms with van der Waals surface area (Å²) < 4.78 is 2.25. The number of nitrogens with zero attached hydrogens (tertiary/aromatic N) is 5. The van der Waals surface area contributed by atoms with E-state index in [0.29, 0.717) is 5.11 Å². The number of piperidine rings is 1. The van der Waals surface area contributed by atoms with Gasteiger partial charge in [0.15, 0.2) is 5.11 Å². The van der Waals surface area contributed by atoms with E-state index >= 15 is 0 Å². The molecule has 0 radical (unpaired) electrons. The molecule has 6 nitrogen and oxygen atoms in total. The molecule has 6 rings (SSSR count). The van der Waals surface area contributed by atoms with E-state index in [1.54, 1.807) is 6.20 Å². The molecule has 0 aliphatic carbocycles. The Morgan fingerprint density at radius 3 is 2.53 bits per heavy atom. The number of aromatic nitrogens is 3. The minimum Gasteiger partial charge on any atom is -0.370 e. The molecule has 0 saturated carbocycles. The molecule has 38 heavy (non-hydrogen) atoms. The topological polar surface area (TPSA) is 49.2 Å². The molecule has 5 heterocycles. The Labute approximate surface area is 234 Å². The largest absolute Gasteiger partial charge is 0.370 e.